The Morgan fingerprint density at radius 2 is 1.93 bits per heavy atom. The van der Waals surface area contributed by atoms with Crippen LogP contribution in [-0.2, 0) is 6.54 Å². The van der Waals surface area contributed by atoms with Crippen LogP contribution in [0.2, 0.25) is 0 Å². The van der Waals surface area contributed by atoms with Gasteiger partial charge in [0.25, 0.3) is 12.4 Å². The number of aliphatic imine (C=N–C) groups is 1. The van der Waals surface area contributed by atoms with Crippen molar-refractivity contribution in [2.24, 2.45) is 4.99 Å². The maximum absolute atomic E-state index is 13.0. The van der Waals surface area contributed by atoms with Crippen LogP contribution >= 0.6 is 0 Å². The highest BCUT2D eigenvalue weighted by Gasteiger charge is 2.16. The summed E-state index contributed by atoms with van der Waals surface area (Å²) in [5, 5.41) is 4.51. The van der Waals surface area contributed by atoms with Crippen molar-refractivity contribution >= 4 is 28.3 Å². The number of halogens is 2. The van der Waals surface area contributed by atoms with Crippen LogP contribution in [0.3, 0.4) is 0 Å². The molecule has 0 amide bonds. The summed E-state index contributed by atoms with van der Waals surface area (Å²) >= 11 is 0. The second-order valence-electron chi connectivity index (χ2n) is 7.56. The van der Waals surface area contributed by atoms with Gasteiger partial charge in [0.1, 0.15) is 11.3 Å². The minimum absolute atomic E-state index is 0.428. The lowest BCUT2D eigenvalue weighted by atomic mass is 9.99. The number of alkyl halides is 2. The molecule has 1 fully saturated rings. The van der Waals surface area contributed by atoms with Crippen molar-refractivity contribution in [3.63, 3.8) is 0 Å². The molecule has 4 aromatic heterocycles. The van der Waals surface area contributed by atoms with Crippen LogP contribution in [0, 0.1) is 6.92 Å². The highest BCUT2D eigenvalue weighted by Crippen LogP contribution is 2.27. The Bertz CT molecular complexity index is 1250. The summed E-state index contributed by atoms with van der Waals surface area (Å²) < 4.78 is 29.2. The first-order valence-electron chi connectivity index (χ1n) is 10.1. The molecule has 7 nitrogen and oxygen atoms in total. The molecule has 154 valence electrons. The molecule has 0 atom stereocenters. The Hall–Kier alpha value is -3.23. The first-order chi connectivity index (χ1) is 14.6. The van der Waals surface area contributed by atoms with Crippen molar-refractivity contribution in [1.29, 1.82) is 0 Å². The van der Waals surface area contributed by atoms with Gasteiger partial charge in [-0.05, 0) is 50.8 Å². The van der Waals surface area contributed by atoms with Crippen molar-refractivity contribution in [3.8, 4) is 11.3 Å². The highest BCUT2D eigenvalue weighted by molar-refractivity contribution is 5.87. The normalized spacial score (nSPS) is 14.9. The fraction of sp³-hybridized carbons (Fsp3) is 0.381. The van der Waals surface area contributed by atoms with E-state index in [0.717, 1.165) is 29.6 Å². The number of hydrogen-bond donors (Lipinski definition) is 0. The molecule has 9 heteroatoms. The zero-order valence-electron chi connectivity index (χ0n) is 16.6. The van der Waals surface area contributed by atoms with Gasteiger partial charge in [0, 0.05) is 17.5 Å². The second kappa shape index (κ2) is 7.55. The average molecular weight is 409 g/mol. The average Bonchev–Trinajstić information content (AvgIpc) is 3.29. The maximum Gasteiger partial charge on any atom is 0.267 e. The summed E-state index contributed by atoms with van der Waals surface area (Å²) in [6.07, 6.45) is 6.71. The summed E-state index contributed by atoms with van der Waals surface area (Å²) in [5.41, 5.74) is 4.48. The largest absolute Gasteiger partial charge is 0.307 e. The third kappa shape index (κ3) is 3.44. The van der Waals surface area contributed by atoms with E-state index in [-0.39, 0.29) is 0 Å². The third-order valence-electron chi connectivity index (χ3n) is 5.47. The van der Waals surface area contributed by atoms with Gasteiger partial charge in [-0.25, -0.2) is 33.2 Å². The van der Waals surface area contributed by atoms with E-state index in [2.05, 4.69) is 25.0 Å². The summed E-state index contributed by atoms with van der Waals surface area (Å²) in [6, 6.07) is 5.55. The standard InChI is InChI=1S/C21H21F2N7/c1-13-25-17-8-7-16(27-20(17)29(13)12-19(22)23)15-9-10-30-18(15)11-24-21(28-30)26-14-5-3-2-4-6-14/h7-11,19H,2-6,12H2,1H3. The third-order valence-corrected chi connectivity index (χ3v) is 5.47. The van der Waals surface area contributed by atoms with Gasteiger partial charge in [-0.2, -0.15) is 0 Å². The zero-order valence-corrected chi connectivity index (χ0v) is 16.6. The number of hydrogen-bond acceptors (Lipinski definition) is 5. The molecule has 0 N–H and O–H groups in total. The van der Waals surface area contributed by atoms with Gasteiger partial charge in [-0.3, -0.25) is 0 Å². The van der Waals surface area contributed by atoms with Gasteiger partial charge in [-0.15, -0.1) is 5.10 Å². The lowest BCUT2D eigenvalue weighted by molar-refractivity contribution is 0.127. The van der Waals surface area contributed by atoms with Gasteiger partial charge in [0.15, 0.2) is 5.65 Å². The van der Waals surface area contributed by atoms with E-state index < -0.39 is 13.0 Å². The minimum atomic E-state index is -2.47. The van der Waals surface area contributed by atoms with Crippen LogP contribution in [0.5, 0.6) is 0 Å². The first kappa shape index (κ1) is 18.8. The van der Waals surface area contributed by atoms with Crippen LogP contribution in [0.25, 0.3) is 27.9 Å². The predicted molar refractivity (Wildman–Crippen MR) is 110 cm³/mol. The molecular formula is C21H21F2N7. The van der Waals surface area contributed by atoms with Crippen molar-refractivity contribution in [2.75, 3.05) is 0 Å². The van der Waals surface area contributed by atoms with Gasteiger partial charge in [-0.1, -0.05) is 6.42 Å². The smallest absolute Gasteiger partial charge is 0.267 e. The summed E-state index contributed by atoms with van der Waals surface area (Å²) in [6.45, 7) is 1.28. The lowest BCUT2D eigenvalue weighted by Gasteiger charge is -2.11. The van der Waals surface area contributed by atoms with Crippen LogP contribution in [0.15, 0.2) is 35.6 Å². The predicted octanol–water partition coefficient (Wildman–Crippen LogP) is 4.75. The Kier molecular flexibility index (Phi) is 4.72. The Morgan fingerprint density at radius 1 is 1.10 bits per heavy atom. The summed E-state index contributed by atoms with van der Waals surface area (Å²) in [4.78, 5) is 18.0. The van der Waals surface area contributed by atoms with E-state index in [0.29, 0.717) is 28.6 Å². The molecule has 1 saturated carbocycles. The molecule has 4 aromatic rings. The quantitative estimate of drug-likeness (QED) is 0.488. The highest BCUT2D eigenvalue weighted by atomic mass is 19.3. The first-order valence-corrected chi connectivity index (χ1v) is 10.1. The van der Waals surface area contributed by atoms with Gasteiger partial charge >= 0.3 is 0 Å². The number of rotatable bonds is 4. The molecule has 5 rings (SSSR count). The molecule has 0 bridgehead atoms. The zero-order chi connectivity index (χ0) is 20.7. The lowest BCUT2D eigenvalue weighted by Crippen LogP contribution is -2.08. The SMILES string of the molecule is Cc1nc2ccc(-c3ccn4nc(N=C5CCCCC5)ncc34)nc2n1CC(F)F. The van der Waals surface area contributed by atoms with E-state index in [1.807, 2.05) is 18.3 Å². The van der Waals surface area contributed by atoms with Crippen molar-refractivity contribution in [2.45, 2.75) is 52.0 Å². The fourth-order valence-corrected chi connectivity index (χ4v) is 3.99. The monoisotopic (exact) mass is 409 g/mol. The van der Waals surface area contributed by atoms with Crippen LogP contribution < -0.4 is 0 Å². The van der Waals surface area contributed by atoms with Gasteiger partial charge in [0.05, 0.1) is 24.0 Å². The molecule has 0 spiro atoms. The Balaban J connectivity index is 1.53. The topological polar surface area (TPSA) is 73.3 Å². The number of aromatic nitrogens is 6. The van der Waals surface area contributed by atoms with Crippen molar-refractivity contribution in [1.82, 2.24) is 29.1 Å². The molecule has 0 aromatic carbocycles. The van der Waals surface area contributed by atoms with Crippen molar-refractivity contribution in [3.05, 3.63) is 36.4 Å². The molecule has 4 heterocycles. The van der Waals surface area contributed by atoms with E-state index in [4.69, 9.17) is 0 Å². The van der Waals surface area contributed by atoms with E-state index >= 15 is 0 Å². The minimum Gasteiger partial charge on any atom is -0.307 e. The van der Waals surface area contributed by atoms with Crippen LogP contribution in [0.4, 0.5) is 14.7 Å². The van der Waals surface area contributed by atoms with E-state index in [9.17, 15) is 8.78 Å². The molecule has 0 saturated heterocycles. The molecular weight excluding hydrogens is 388 g/mol. The van der Waals surface area contributed by atoms with Crippen molar-refractivity contribution < 1.29 is 8.78 Å². The van der Waals surface area contributed by atoms with Gasteiger partial charge < -0.3 is 4.57 Å². The number of aryl methyl sites for hydroxylation is 1. The summed E-state index contributed by atoms with van der Waals surface area (Å²) in [5.74, 6) is 0.974. The maximum atomic E-state index is 13.0. The molecule has 1 aliphatic rings. The molecule has 1 aliphatic carbocycles. The second-order valence-corrected chi connectivity index (χ2v) is 7.56. The molecule has 0 radical (unpaired) electrons. The van der Waals surface area contributed by atoms with E-state index in [1.54, 1.807) is 23.7 Å². The van der Waals surface area contributed by atoms with E-state index in [1.165, 1.54) is 23.8 Å². The number of fused-ring (bicyclic) bond motifs is 2. The van der Waals surface area contributed by atoms with Crippen LogP contribution in [-0.4, -0.2) is 41.3 Å². The number of imidazole rings is 1. The fourth-order valence-electron chi connectivity index (χ4n) is 3.99. The van der Waals surface area contributed by atoms with Crippen LogP contribution in [0.1, 0.15) is 37.9 Å². The summed E-state index contributed by atoms with van der Waals surface area (Å²) in [7, 11) is 0. The Labute approximate surface area is 171 Å². The molecule has 30 heavy (non-hydrogen) atoms. The number of pyridine rings is 1. The molecule has 0 unspecified atom stereocenters. The van der Waals surface area contributed by atoms with Gasteiger partial charge in [0.2, 0.25) is 0 Å². The molecule has 0 aliphatic heterocycles. The Morgan fingerprint density at radius 3 is 2.73 bits per heavy atom. The number of nitrogens with zero attached hydrogens (tertiary/aromatic N) is 7.